The number of piperazine rings is 1. The average Bonchev–Trinajstić information content (AvgIpc) is 3.39. The second-order valence-corrected chi connectivity index (χ2v) is 8.50. The summed E-state index contributed by atoms with van der Waals surface area (Å²) >= 11 is 0. The van der Waals surface area contributed by atoms with Crippen molar-refractivity contribution in [1.82, 2.24) is 24.6 Å². The van der Waals surface area contributed by atoms with E-state index in [1.54, 1.807) is 10.9 Å². The van der Waals surface area contributed by atoms with Crippen molar-refractivity contribution in [2.45, 2.75) is 26.2 Å². The molecule has 1 amide bonds. The first-order valence-corrected chi connectivity index (χ1v) is 11.4. The fourth-order valence-electron chi connectivity index (χ4n) is 4.46. The number of benzene rings is 1. The maximum atomic E-state index is 13.1. The van der Waals surface area contributed by atoms with Crippen LogP contribution in [0.2, 0.25) is 0 Å². The highest BCUT2D eigenvalue weighted by Gasteiger charge is 2.25. The third-order valence-corrected chi connectivity index (χ3v) is 6.22. The number of carbonyl (C=O) groups is 1. The van der Waals surface area contributed by atoms with Gasteiger partial charge < -0.3 is 14.7 Å². The number of rotatable bonds is 4. The van der Waals surface area contributed by atoms with Crippen LogP contribution in [0, 0.1) is 6.92 Å². The smallest absolute Gasteiger partial charge is 0.254 e. The molecule has 8 heteroatoms. The van der Waals surface area contributed by atoms with Crippen LogP contribution in [0.15, 0.2) is 48.8 Å². The fraction of sp³-hybridized carbons (Fsp3) is 0.417. The number of piperidine rings is 1. The Bertz CT molecular complexity index is 1070. The molecule has 2 fully saturated rings. The number of aryl methyl sites for hydroxylation is 1. The number of anilines is 2. The summed E-state index contributed by atoms with van der Waals surface area (Å²) in [5.74, 6) is 1.86. The van der Waals surface area contributed by atoms with Gasteiger partial charge in [0.15, 0.2) is 0 Å². The maximum absolute atomic E-state index is 13.1. The normalized spacial score (nSPS) is 17.0. The van der Waals surface area contributed by atoms with Crippen LogP contribution in [0.1, 0.15) is 35.3 Å². The summed E-state index contributed by atoms with van der Waals surface area (Å²) in [5.41, 5.74) is 2.56. The largest absolute Gasteiger partial charge is 0.356 e. The van der Waals surface area contributed by atoms with Crippen LogP contribution in [0.25, 0.3) is 5.69 Å². The number of amides is 1. The van der Waals surface area contributed by atoms with Gasteiger partial charge in [-0.2, -0.15) is 10.1 Å². The molecule has 0 radical (unpaired) electrons. The Hall–Kier alpha value is -3.42. The van der Waals surface area contributed by atoms with Gasteiger partial charge in [0.25, 0.3) is 5.91 Å². The monoisotopic (exact) mass is 431 g/mol. The van der Waals surface area contributed by atoms with Crippen LogP contribution in [-0.2, 0) is 0 Å². The number of aromatic nitrogens is 4. The molecule has 1 aromatic carbocycles. The minimum atomic E-state index is 0.0535. The number of nitrogens with zero attached hydrogens (tertiary/aromatic N) is 7. The van der Waals surface area contributed by atoms with Crippen LogP contribution in [0.5, 0.6) is 0 Å². The van der Waals surface area contributed by atoms with E-state index in [1.165, 1.54) is 19.3 Å². The van der Waals surface area contributed by atoms with E-state index in [-0.39, 0.29) is 5.91 Å². The molecule has 0 spiro atoms. The lowest BCUT2D eigenvalue weighted by atomic mass is 10.1. The maximum Gasteiger partial charge on any atom is 0.254 e. The highest BCUT2D eigenvalue weighted by molar-refractivity contribution is 5.95. The van der Waals surface area contributed by atoms with Gasteiger partial charge in [0, 0.05) is 69.0 Å². The van der Waals surface area contributed by atoms with Gasteiger partial charge in [-0.05, 0) is 50.5 Å². The van der Waals surface area contributed by atoms with Crippen molar-refractivity contribution in [3.63, 3.8) is 0 Å². The molecule has 166 valence electrons. The third kappa shape index (κ3) is 4.30. The van der Waals surface area contributed by atoms with Crippen molar-refractivity contribution in [3.8, 4) is 5.69 Å². The lowest BCUT2D eigenvalue weighted by Gasteiger charge is -2.35. The first-order valence-electron chi connectivity index (χ1n) is 11.4. The zero-order chi connectivity index (χ0) is 21.9. The molecule has 5 rings (SSSR count). The van der Waals surface area contributed by atoms with Crippen LogP contribution >= 0.6 is 0 Å². The Balaban J connectivity index is 1.26. The van der Waals surface area contributed by atoms with E-state index < -0.39 is 0 Å². The molecule has 2 aromatic heterocycles. The third-order valence-electron chi connectivity index (χ3n) is 6.22. The summed E-state index contributed by atoms with van der Waals surface area (Å²) in [6.07, 6.45) is 7.36. The second kappa shape index (κ2) is 8.98. The lowest BCUT2D eigenvalue weighted by molar-refractivity contribution is 0.0746. The van der Waals surface area contributed by atoms with Gasteiger partial charge in [0.2, 0.25) is 5.95 Å². The average molecular weight is 432 g/mol. The molecule has 0 unspecified atom stereocenters. The Kier molecular flexibility index (Phi) is 5.75. The summed E-state index contributed by atoms with van der Waals surface area (Å²) in [4.78, 5) is 29.2. The molecule has 0 N–H and O–H groups in total. The fourth-order valence-corrected chi connectivity index (χ4v) is 4.46. The van der Waals surface area contributed by atoms with E-state index >= 15 is 0 Å². The zero-order valence-electron chi connectivity index (χ0n) is 18.5. The second-order valence-electron chi connectivity index (χ2n) is 8.50. The van der Waals surface area contributed by atoms with E-state index in [9.17, 15) is 4.79 Å². The van der Waals surface area contributed by atoms with Gasteiger partial charge in [-0.15, -0.1) is 0 Å². The number of hydrogen-bond donors (Lipinski definition) is 0. The van der Waals surface area contributed by atoms with E-state index in [1.807, 2.05) is 48.4 Å². The van der Waals surface area contributed by atoms with E-state index in [4.69, 9.17) is 9.97 Å². The molecule has 2 aliphatic rings. The molecule has 2 saturated heterocycles. The Labute approximate surface area is 188 Å². The lowest BCUT2D eigenvalue weighted by Crippen LogP contribution is -2.49. The minimum Gasteiger partial charge on any atom is -0.356 e. The van der Waals surface area contributed by atoms with Gasteiger partial charge in [-0.25, -0.2) is 9.67 Å². The van der Waals surface area contributed by atoms with Gasteiger partial charge in [-0.3, -0.25) is 4.79 Å². The highest BCUT2D eigenvalue weighted by atomic mass is 16.2. The summed E-state index contributed by atoms with van der Waals surface area (Å²) in [7, 11) is 0. The predicted octanol–water partition coefficient (Wildman–Crippen LogP) is 2.92. The van der Waals surface area contributed by atoms with Crippen molar-refractivity contribution >= 4 is 17.7 Å². The van der Waals surface area contributed by atoms with E-state index in [2.05, 4.69) is 21.0 Å². The first kappa shape index (κ1) is 20.5. The first-order chi connectivity index (χ1) is 15.7. The van der Waals surface area contributed by atoms with E-state index in [0.717, 1.165) is 49.3 Å². The van der Waals surface area contributed by atoms with Crippen molar-refractivity contribution in [2.24, 2.45) is 0 Å². The number of hydrogen-bond acceptors (Lipinski definition) is 6. The van der Waals surface area contributed by atoms with Crippen LogP contribution in [0.4, 0.5) is 11.8 Å². The molecule has 2 aliphatic heterocycles. The molecular formula is C24H29N7O. The molecule has 0 aliphatic carbocycles. The topological polar surface area (TPSA) is 70.4 Å². The van der Waals surface area contributed by atoms with Crippen molar-refractivity contribution in [1.29, 1.82) is 0 Å². The van der Waals surface area contributed by atoms with Gasteiger partial charge in [0.05, 0.1) is 5.69 Å². The Morgan fingerprint density at radius 3 is 2.44 bits per heavy atom. The molecule has 0 bridgehead atoms. The van der Waals surface area contributed by atoms with Crippen molar-refractivity contribution in [2.75, 3.05) is 49.1 Å². The van der Waals surface area contributed by atoms with Gasteiger partial charge >= 0.3 is 0 Å². The standard InChI is InChI=1S/C24H29N7O/c1-19-17-22(28-10-3-2-4-11-28)27-24(26-19)30-15-13-29(14-16-30)23(32)20-7-5-8-21(18-20)31-12-6-9-25-31/h5-9,12,17-18H,2-4,10-11,13-16H2,1H3. The Morgan fingerprint density at radius 1 is 0.875 bits per heavy atom. The van der Waals surface area contributed by atoms with Crippen LogP contribution in [0.3, 0.4) is 0 Å². The van der Waals surface area contributed by atoms with E-state index in [0.29, 0.717) is 18.7 Å². The van der Waals surface area contributed by atoms with Crippen molar-refractivity contribution < 1.29 is 4.79 Å². The Morgan fingerprint density at radius 2 is 1.69 bits per heavy atom. The molecular weight excluding hydrogens is 402 g/mol. The molecule has 32 heavy (non-hydrogen) atoms. The van der Waals surface area contributed by atoms with Crippen molar-refractivity contribution in [3.05, 3.63) is 60.0 Å². The summed E-state index contributed by atoms with van der Waals surface area (Å²) < 4.78 is 1.77. The minimum absolute atomic E-state index is 0.0535. The molecule has 3 aromatic rings. The predicted molar refractivity (Wildman–Crippen MR) is 125 cm³/mol. The number of carbonyl (C=O) groups excluding carboxylic acids is 1. The van der Waals surface area contributed by atoms with Crippen LogP contribution in [-0.4, -0.2) is 69.8 Å². The summed E-state index contributed by atoms with van der Waals surface area (Å²) in [5, 5.41) is 4.26. The summed E-state index contributed by atoms with van der Waals surface area (Å²) in [6.45, 7) is 6.93. The molecule has 8 nitrogen and oxygen atoms in total. The molecule has 0 saturated carbocycles. The quantitative estimate of drug-likeness (QED) is 0.633. The SMILES string of the molecule is Cc1cc(N2CCCCC2)nc(N2CCN(C(=O)c3cccc(-n4cccn4)c3)CC2)n1. The summed E-state index contributed by atoms with van der Waals surface area (Å²) in [6, 6.07) is 11.6. The molecule has 0 atom stereocenters. The van der Waals surface area contributed by atoms with Gasteiger partial charge in [-0.1, -0.05) is 6.07 Å². The van der Waals surface area contributed by atoms with Crippen LogP contribution < -0.4 is 9.80 Å². The highest BCUT2D eigenvalue weighted by Crippen LogP contribution is 2.22. The molecule has 4 heterocycles. The zero-order valence-corrected chi connectivity index (χ0v) is 18.5. The van der Waals surface area contributed by atoms with Gasteiger partial charge in [0.1, 0.15) is 5.82 Å².